The molecular weight excluding hydrogens is 260 g/mol. The Balaban J connectivity index is 1.89. The summed E-state index contributed by atoms with van der Waals surface area (Å²) in [5, 5.41) is 12.7. The first-order valence-corrected chi connectivity index (χ1v) is 7.73. The monoisotopic (exact) mass is 284 g/mol. The Hall–Kier alpha value is -1.58. The van der Waals surface area contributed by atoms with Crippen LogP contribution >= 0.6 is 0 Å². The van der Waals surface area contributed by atoms with Crippen LogP contribution in [0.2, 0.25) is 0 Å². The lowest BCUT2D eigenvalue weighted by atomic mass is 10.0. The Morgan fingerprint density at radius 2 is 2.00 bits per heavy atom. The van der Waals surface area contributed by atoms with Crippen LogP contribution < -0.4 is 0 Å². The predicted molar refractivity (Wildman–Crippen MR) is 87.6 cm³/mol. The molecule has 0 amide bonds. The zero-order valence-corrected chi connectivity index (χ0v) is 12.9. The van der Waals surface area contributed by atoms with E-state index in [1.807, 2.05) is 24.3 Å². The summed E-state index contributed by atoms with van der Waals surface area (Å²) in [6, 6.07) is 12.7. The number of hydrogen-bond acceptors (Lipinski definition) is 3. The van der Waals surface area contributed by atoms with Gasteiger partial charge in [-0.3, -0.25) is 4.90 Å². The van der Waals surface area contributed by atoms with E-state index in [0.29, 0.717) is 11.8 Å². The van der Waals surface area contributed by atoms with Gasteiger partial charge in [-0.1, -0.05) is 30.3 Å². The molecule has 0 saturated carbocycles. The van der Waals surface area contributed by atoms with E-state index >= 15 is 0 Å². The van der Waals surface area contributed by atoms with Crippen molar-refractivity contribution in [3.05, 3.63) is 42.0 Å². The third kappa shape index (κ3) is 3.04. The second-order valence-corrected chi connectivity index (χ2v) is 6.31. The Morgan fingerprint density at radius 1 is 1.19 bits per heavy atom. The van der Waals surface area contributed by atoms with Gasteiger partial charge in [0.2, 0.25) is 0 Å². The third-order valence-electron chi connectivity index (χ3n) is 4.45. The Bertz CT molecular complexity index is 624. The van der Waals surface area contributed by atoms with E-state index in [2.05, 4.69) is 36.0 Å². The summed E-state index contributed by atoms with van der Waals surface area (Å²) >= 11 is 0. The lowest BCUT2D eigenvalue weighted by molar-refractivity contribution is 0.200. The minimum Gasteiger partial charge on any atom is -0.508 e. The summed E-state index contributed by atoms with van der Waals surface area (Å²) in [4.78, 5) is 4.77. The van der Waals surface area contributed by atoms with Crippen LogP contribution in [-0.2, 0) is 6.54 Å². The zero-order chi connectivity index (χ0) is 14.8. The van der Waals surface area contributed by atoms with Gasteiger partial charge in [0.15, 0.2) is 0 Å². The van der Waals surface area contributed by atoms with Crippen LogP contribution in [0, 0.1) is 0 Å². The van der Waals surface area contributed by atoms with E-state index in [9.17, 15) is 5.11 Å². The van der Waals surface area contributed by atoms with Crippen LogP contribution in [0.15, 0.2) is 36.4 Å². The summed E-state index contributed by atoms with van der Waals surface area (Å²) in [6.07, 6.45) is 2.51. The summed E-state index contributed by atoms with van der Waals surface area (Å²) in [6.45, 7) is 3.05. The van der Waals surface area contributed by atoms with Crippen molar-refractivity contribution in [2.75, 3.05) is 27.2 Å². The highest BCUT2D eigenvalue weighted by molar-refractivity contribution is 5.87. The molecule has 0 aliphatic carbocycles. The van der Waals surface area contributed by atoms with Crippen LogP contribution in [0.3, 0.4) is 0 Å². The van der Waals surface area contributed by atoms with Crippen LogP contribution in [0.4, 0.5) is 0 Å². The van der Waals surface area contributed by atoms with Gasteiger partial charge < -0.3 is 10.0 Å². The van der Waals surface area contributed by atoms with Gasteiger partial charge in [-0.15, -0.1) is 0 Å². The fourth-order valence-electron chi connectivity index (χ4n) is 3.43. The van der Waals surface area contributed by atoms with Crippen LogP contribution in [-0.4, -0.2) is 48.1 Å². The normalized spacial score (nSPS) is 19.7. The number of fused-ring (bicyclic) bond motifs is 1. The number of hydrogen-bond donors (Lipinski definition) is 1. The van der Waals surface area contributed by atoms with Gasteiger partial charge in [0.05, 0.1) is 0 Å². The highest BCUT2D eigenvalue weighted by atomic mass is 16.3. The SMILES string of the molecule is CN(C)CC1CCCN1Cc1c(O)ccc2ccccc12. The molecule has 1 N–H and O–H groups in total. The number of aromatic hydroxyl groups is 1. The van der Waals surface area contributed by atoms with Crippen molar-refractivity contribution in [3.63, 3.8) is 0 Å². The molecule has 1 aliphatic rings. The van der Waals surface area contributed by atoms with Crippen LogP contribution in [0.5, 0.6) is 5.75 Å². The molecule has 1 fully saturated rings. The smallest absolute Gasteiger partial charge is 0.120 e. The van der Waals surface area contributed by atoms with Crippen LogP contribution in [0.1, 0.15) is 18.4 Å². The molecule has 21 heavy (non-hydrogen) atoms. The Morgan fingerprint density at radius 3 is 2.81 bits per heavy atom. The van der Waals surface area contributed by atoms with Crippen molar-refractivity contribution in [2.45, 2.75) is 25.4 Å². The van der Waals surface area contributed by atoms with E-state index in [0.717, 1.165) is 25.2 Å². The van der Waals surface area contributed by atoms with Crippen molar-refractivity contribution in [1.82, 2.24) is 9.80 Å². The van der Waals surface area contributed by atoms with Crippen molar-refractivity contribution < 1.29 is 5.11 Å². The van der Waals surface area contributed by atoms with E-state index in [1.165, 1.54) is 23.6 Å². The molecule has 2 aromatic rings. The van der Waals surface area contributed by atoms with Gasteiger partial charge in [-0.05, 0) is 50.3 Å². The molecule has 1 unspecified atom stereocenters. The summed E-state index contributed by atoms with van der Waals surface area (Å²) < 4.78 is 0. The van der Waals surface area contributed by atoms with E-state index < -0.39 is 0 Å². The second kappa shape index (κ2) is 6.04. The number of benzene rings is 2. The number of phenols is 1. The number of nitrogens with zero attached hydrogens (tertiary/aromatic N) is 2. The molecule has 0 radical (unpaired) electrons. The van der Waals surface area contributed by atoms with Gasteiger partial charge in [-0.2, -0.15) is 0 Å². The molecule has 1 atom stereocenters. The third-order valence-corrected chi connectivity index (χ3v) is 4.45. The van der Waals surface area contributed by atoms with Crippen molar-refractivity contribution in [1.29, 1.82) is 0 Å². The molecular formula is C18H24N2O. The predicted octanol–water partition coefficient (Wildman–Crippen LogP) is 3.07. The Kier molecular flexibility index (Phi) is 4.13. The summed E-state index contributed by atoms with van der Waals surface area (Å²) in [5.74, 6) is 0.421. The number of likely N-dealkylation sites (tertiary alicyclic amines) is 1. The van der Waals surface area contributed by atoms with Gasteiger partial charge in [-0.25, -0.2) is 0 Å². The molecule has 2 aromatic carbocycles. The standard InChI is InChI=1S/C18H24N2O/c1-19(2)12-15-7-5-11-20(15)13-17-16-8-4-3-6-14(16)9-10-18(17)21/h3-4,6,8-10,15,21H,5,7,11-13H2,1-2H3. The van der Waals surface area contributed by atoms with Crippen LogP contribution in [0.25, 0.3) is 10.8 Å². The quantitative estimate of drug-likeness (QED) is 0.934. The summed E-state index contributed by atoms with van der Waals surface area (Å²) in [7, 11) is 4.26. The highest BCUT2D eigenvalue weighted by Gasteiger charge is 2.26. The number of likely N-dealkylation sites (N-methyl/N-ethyl adjacent to an activating group) is 1. The maximum atomic E-state index is 10.3. The minimum absolute atomic E-state index is 0.421. The maximum Gasteiger partial charge on any atom is 0.120 e. The molecule has 1 saturated heterocycles. The summed E-state index contributed by atoms with van der Waals surface area (Å²) in [5.41, 5.74) is 1.07. The fourth-order valence-corrected chi connectivity index (χ4v) is 3.43. The molecule has 3 nitrogen and oxygen atoms in total. The van der Waals surface area contributed by atoms with E-state index in [1.54, 1.807) is 0 Å². The molecule has 1 heterocycles. The van der Waals surface area contributed by atoms with E-state index in [-0.39, 0.29) is 0 Å². The number of rotatable bonds is 4. The minimum atomic E-state index is 0.421. The average Bonchev–Trinajstić information content (AvgIpc) is 2.88. The van der Waals surface area contributed by atoms with Gasteiger partial charge in [0.25, 0.3) is 0 Å². The molecule has 0 spiro atoms. The zero-order valence-electron chi connectivity index (χ0n) is 12.9. The molecule has 3 heteroatoms. The van der Waals surface area contributed by atoms with E-state index in [4.69, 9.17) is 0 Å². The second-order valence-electron chi connectivity index (χ2n) is 6.31. The van der Waals surface area contributed by atoms with Crippen molar-refractivity contribution in [2.24, 2.45) is 0 Å². The topological polar surface area (TPSA) is 26.7 Å². The molecule has 112 valence electrons. The number of phenolic OH excluding ortho intramolecular Hbond substituents is 1. The van der Waals surface area contributed by atoms with Gasteiger partial charge >= 0.3 is 0 Å². The van der Waals surface area contributed by atoms with Gasteiger partial charge in [0, 0.05) is 24.7 Å². The first-order valence-electron chi connectivity index (χ1n) is 7.73. The molecule has 0 aromatic heterocycles. The van der Waals surface area contributed by atoms with Gasteiger partial charge in [0.1, 0.15) is 5.75 Å². The molecule has 1 aliphatic heterocycles. The lowest BCUT2D eigenvalue weighted by Crippen LogP contribution is -2.37. The molecule has 0 bridgehead atoms. The lowest BCUT2D eigenvalue weighted by Gasteiger charge is -2.27. The highest BCUT2D eigenvalue weighted by Crippen LogP contribution is 2.30. The molecule has 3 rings (SSSR count). The Labute approximate surface area is 126 Å². The maximum absolute atomic E-state index is 10.3. The van der Waals surface area contributed by atoms with Crippen molar-refractivity contribution in [3.8, 4) is 5.75 Å². The first kappa shape index (κ1) is 14.4. The largest absolute Gasteiger partial charge is 0.508 e. The van der Waals surface area contributed by atoms with Crippen molar-refractivity contribution >= 4 is 10.8 Å². The fraction of sp³-hybridized carbons (Fsp3) is 0.444. The average molecular weight is 284 g/mol. The first-order chi connectivity index (χ1) is 10.1.